The first-order chi connectivity index (χ1) is 7.33. The first-order valence-electron chi connectivity index (χ1n) is 4.37. The number of nitrogen functional groups attached to an aromatic ring is 1. The SMILES string of the molecule is NNC(c1cncs1)c1cnccc1N. The minimum absolute atomic E-state index is 0.147. The third kappa shape index (κ3) is 1.96. The van der Waals surface area contributed by atoms with Gasteiger partial charge < -0.3 is 5.73 Å². The fourth-order valence-corrected chi connectivity index (χ4v) is 2.05. The van der Waals surface area contributed by atoms with Crippen LogP contribution in [0.15, 0.2) is 30.2 Å². The number of anilines is 1. The number of rotatable bonds is 3. The number of thiazole rings is 1. The van der Waals surface area contributed by atoms with Gasteiger partial charge in [0.15, 0.2) is 0 Å². The Labute approximate surface area is 91.1 Å². The zero-order valence-corrected chi connectivity index (χ0v) is 8.74. The van der Waals surface area contributed by atoms with E-state index in [0.29, 0.717) is 5.69 Å². The molecule has 0 fully saturated rings. The van der Waals surface area contributed by atoms with Gasteiger partial charge >= 0.3 is 0 Å². The zero-order valence-electron chi connectivity index (χ0n) is 7.92. The molecule has 0 aromatic carbocycles. The molecule has 1 atom stereocenters. The number of hydrazine groups is 1. The fraction of sp³-hybridized carbons (Fsp3) is 0.111. The van der Waals surface area contributed by atoms with E-state index in [2.05, 4.69) is 15.4 Å². The van der Waals surface area contributed by atoms with Crippen molar-refractivity contribution in [3.05, 3.63) is 40.6 Å². The van der Waals surface area contributed by atoms with Gasteiger partial charge in [-0.2, -0.15) is 0 Å². The van der Waals surface area contributed by atoms with Crippen molar-refractivity contribution in [1.82, 2.24) is 15.4 Å². The minimum Gasteiger partial charge on any atom is -0.398 e. The Morgan fingerprint density at radius 2 is 2.20 bits per heavy atom. The van der Waals surface area contributed by atoms with Gasteiger partial charge in [0.05, 0.1) is 11.6 Å². The topological polar surface area (TPSA) is 89.8 Å². The van der Waals surface area contributed by atoms with E-state index in [1.165, 1.54) is 11.3 Å². The molecule has 2 aromatic rings. The minimum atomic E-state index is -0.147. The van der Waals surface area contributed by atoms with Crippen LogP contribution in [0.3, 0.4) is 0 Å². The highest BCUT2D eigenvalue weighted by Crippen LogP contribution is 2.27. The highest BCUT2D eigenvalue weighted by Gasteiger charge is 2.16. The highest BCUT2D eigenvalue weighted by atomic mass is 32.1. The predicted molar refractivity (Wildman–Crippen MR) is 59.9 cm³/mol. The van der Waals surface area contributed by atoms with Crippen LogP contribution in [0.4, 0.5) is 5.69 Å². The molecular formula is C9H11N5S. The van der Waals surface area contributed by atoms with Gasteiger partial charge in [0.1, 0.15) is 0 Å². The summed E-state index contributed by atoms with van der Waals surface area (Å²) in [5, 5.41) is 0. The van der Waals surface area contributed by atoms with Gasteiger partial charge in [-0.25, -0.2) is 5.43 Å². The number of hydrogen-bond donors (Lipinski definition) is 3. The molecule has 0 saturated heterocycles. The maximum absolute atomic E-state index is 5.85. The molecule has 0 bridgehead atoms. The zero-order chi connectivity index (χ0) is 10.7. The maximum atomic E-state index is 5.85. The van der Waals surface area contributed by atoms with E-state index in [9.17, 15) is 0 Å². The van der Waals surface area contributed by atoms with Crippen molar-refractivity contribution in [2.24, 2.45) is 5.84 Å². The van der Waals surface area contributed by atoms with Gasteiger partial charge in [-0.05, 0) is 6.07 Å². The smallest absolute Gasteiger partial charge is 0.0853 e. The number of nitrogens with two attached hydrogens (primary N) is 2. The molecule has 2 aromatic heterocycles. The molecule has 0 amide bonds. The summed E-state index contributed by atoms with van der Waals surface area (Å²) in [7, 11) is 0. The Hall–Kier alpha value is -1.50. The van der Waals surface area contributed by atoms with Crippen LogP contribution in [0.1, 0.15) is 16.5 Å². The Balaban J connectivity index is 2.40. The van der Waals surface area contributed by atoms with E-state index >= 15 is 0 Å². The number of nitrogens with one attached hydrogen (secondary N) is 1. The van der Waals surface area contributed by atoms with Crippen molar-refractivity contribution in [1.29, 1.82) is 0 Å². The third-order valence-electron chi connectivity index (χ3n) is 2.10. The van der Waals surface area contributed by atoms with Gasteiger partial charge in [0.25, 0.3) is 0 Å². The van der Waals surface area contributed by atoms with Crippen molar-refractivity contribution in [2.45, 2.75) is 6.04 Å². The molecule has 0 spiro atoms. The van der Waals surface area contributed by atoms with E-state index in [1.807, 2.05) is 0 Å². The molecule has 0 aliphatic rings. The molecule has 0 saturated carbocycles. The van der Waals surface area contributed by atoms with E-state index in [4.69, 9.17) is 11.6 Å². The van der Waals surface area contributed by atoms with Crippen molar-refractivity contribution < 1.29 is 0 Å². The van der Waals surface area contributed by atoms with Gasteiger partial charge in [0, 0.05) is 34.7 Å². The second-order valence-corrected chi connectivity index (χ2v) is 3.93. The molecular weight excluding hydrogens is 210 g/mol. The Morgan fingerprint density at radius 3 is 2.80 bits per heavy atom. The summed E-state index contributed by atoms with van der Waals surface area (Å²) in [5.41, 5.74) is 11.9. The lowest BCUT2D eigenvalue weighted by Crippen LogP contribution is -2.28. The number of pyridine rings is 1. The highest BCUT2D eigenvalue weighted by molar-refractivity contribution is 7.09. The Kier molecular flexibility index (Phi) is 2.91. The lowest BCUT2D eigenvalue weighted by molar-refractivity contribution is 0.645. The average molecular weight is 221 g/mol. The summed E-state index contributed by atoms with van der Waals surface area (Å²) in [6.07, 6.45) is 5.13. The maximum Gasteiger partial charge on any atom is 0.0853 e. The van der Waals surface area contributed by atoms with Crippen molar-refractivity contribution in [3.63, 3.8) is 0 Å². The normalized spacial score (nSPS) is 12.6. The number of aromatic nitrogens is 2. The van der Waals surface area contributed by atoms with Crippen LogP contribution in [-0.4, -0.2) is 9.97 Å². The second kappa shape index (κ2) is 4.35. The van der Waals surface area contributed by atoms with Crippen LogP contribution in [0, 0.1) is 0 Å². The summed E-state index contributed by atoms with van der Waals surface area (Å²) in [4.78, 5) is 9.05. The summed E-state index contributed by atoms with van der Waals surface area (Å²) in [6.45, 7) is 0. The first kappa shape index (κ1) is 10.0. The molecule has 2 rings (SSSR count). The third-order valence-corrected chi connectivity index (χ3v) is 2.94. The van der Waals surface area contributed by atoms with Crippen molar-refractivity contribution in [3.8, 4) is 0 Å². The summed E-state index contributed by atoms with van der Waals surface area (Å²) >= 11 is 1.52. The van der Waals surface area contributed by atoms with Crippen LogP contribution >= 0.6 is 11.3 Å². The summed E-state index contributed by atoms with van der Waals surface area (Å²) in [5.74, 6) is 5.51. The molecule has 5 N–H and O–H groups in total. The number of nitrogens with zero attached hydrogens (tertiary/aromatic N) is 2. The summed E-state index contributed by atoms with van der Waals surface area (Å²) in [6, 6.07) is 1.60. The molecule has 2 heterocycles. The van der Waals surface area contributed by atoms with Gasteiger partial charge in [-0.1, -0.05) is 0 Å². The van der Waals surface area contributed by atoms with Crippen molar-refractivity contribution >= 4 is 17.0 Å². The van der Waals surface area contributed by atoms with Crippen molar-refractivity contribution in [2.75, 3.05) is 5.73 Å². The molecule has 15 heavy (non-hydrogen) atoms. The Morgan fingerprint density at radius 1 is 1.33 bits per heavy atom. The molecule has 1 unspecified atom stereocenters. The van der Waals surface area contributed by atoms with Gasteiger partial charge in [-0.15, -0.1) is 11.3 Å². The first-order valence-corrected chi connectivity index (χ1v) is 5.25. The second-order valence-electron chi connectivity index (χ2n) is 3.01. The number of hydrogen-bond acceptors (Lipinski definition) is 6. The molecule has 6 heteroatoms. The lowest BCUT2D eigenvalue weighted by atomic mass is 10.1. The molecule has 0 aliphatic heterocycles. The van der Waals surface area contributed by atoms with Crippen LogP contribution < -0.4 is 17.0 Å². The van der Waals surface area contributed by atoms with E-state index in [1.54, 1.807) is 30.2 Å². The van der Waals surface area contributed by atoms with Crippen LogP contribution in [0.25, 0.3) is 0 Å². The fourth-order valence-electron chi connectivity index (χ4n) is 1.35. The Bertz CT molecular complexity index is 428. The monoisotopic (exact) mass is 221 g/mol. The van der Waals surface area contributed by atoms with E-state index < -0.39 is 0 Å². The largest absolute Gasteiger partial charge is 0.398 e. The molecule has 0 aliphatic carbocycles. The van der Waals surface area contributed by atoms with Gasteiger partial charge in [-0.3, -0.25) is 15.8 Å². The van der Waals surface area contributed by atoms with E-state index in [-0.39, 0.29) is 6.04 Å². The molecule has 0 radical (unpaired) electrons. The average Bonchev–Trinajstić information content (AvgIpc) is 2.75. The predicted octanol–water partition coefficient (Wildman–Crippen LogP) is 0.673. The summed E-state index contributed by atoms with van der Waals surface area (Å²) < 4.78 is 0. The van der Waals surface area contributed by atoms with Crippen LogP contribution in [-0.2, 0) is 0 Å². The van der Waals surface area contributed by atoms with Crippen LogP contribution in [0.2, 0.25) is 0 Å². The quantitative estimate of drug-likeness (QED) is 0.523. The molecule has 5 nitrogen and oxygen atoms in total. The van der Waals surface area contributed by atoms with E-state index in [0.717, 1.165) is 10.4 Å². The molecule has 78 valence electrons. The van der Waals surface area contributed by atoms with Gasteiger partial charge in [0.2, 0.25) is 0 Å². The lowest BCUT2D eigenvalue weighted by Gasteiger charge is -2.15. The van der Waals surface area contributed by atoms with Crippen LogP contribution in [0.5, 0.6) is 0 Å². The standard InChI is InChI=1S/C9H11N5S/c10-7-1-2-12-3-6(7)9(14-11)8-4-13-5-15-8/h1-5,9,14H,11H2,(H2,10,12).